The number of carbonyl (C=O) groups excluding carboxylic acids is 1. The molecule has 0 aromatic heterocycles. The molecule has 0 aliphatic heterocycles. The van der Waals surface area contributed by atoms with Crippen LogP contribution in [0.1, 0.15) is 27.0 Å². The van der Waals surface area contributed by atoms with E-state index in [0.717, 1.165) is 35.3 Å². The van der Waals surface area contributed by atoms with E-state index in [1.807, 2.05) is 60.7 Å². The normalized spacial score (nSPS) is 15.1. The second kappa shape index (κ2) is 9.59. The van der Waals surface area contributed by atoms with Crippen LogP contribution in [-0.4, -0.2) is 26.3 Å². The lowest BCUT2D eigenvalue weighted by Gasteiger charge is -2.14. The van der Waals surface area contributed by atoms with Crippen molar-refractivity contribution in [1.29, 1.82) is 0 Å². The second-order valence-electron chi connectivity index (χ2n) is 7.50. The quantitative estimate of drug-likeness (QED) is 0.478. The highest BCUT2D eigenvalue weighted by Gasteiger charge is 2.33. The Hall–Kier alpha value is -3.11. The SMILES string of the molecule is COCOc1ccccc1CC1Cc2cccc(OCCc3ccccc3)c2C1=O. The van der Waals surface area contributed by atoms with Crippen LogP contribution in [0.25, 0.3) is 0 Å². The monoisotopic (exact) mass is 402 g/mol. The minimum Gasteiger partial charge on any atom is -0.492 e. The van der Waals surface area contributed by atoms with Gasteiger partial charge in [0.05, 0.1) is 12.2 Å². The largest absolute Gasteiger partial charge is 0.492 e. The zero-order valence-electron chi connectivity index (χ0n) is 17.2. The molecule has 0 radical (unpaired) electrons. The van der Waals surface area contributed by atoms with Crippen LogP contribution in [0.4, 0.5) is 0 Å². The number of fused-ring (bicyclic) bond motifs is 1. The molecule has 1 unspecified atom stereocenters. The third kappa shape index (κ3) is 4.55. The number of ether oxygens (including phenoxy) is 3. The number of hydrogen-bond acceptors (Lipinski definition) is 4. The average Bonchev–Trinajstić information content (AvgIpc) is 3.10. The van der Waals surface area contributed by atoms with Gasteiger partial charge in [-0.1, -0.05) is 60.7 Å². The summed E-state index contributed by atoms with van der Waals surface area (Å²) in [5, 5.41) is 0. The number of methoxy groups -OCH3 is 1. The Morgan fingerprint density at radius 2 is 1.63 bits per heavy atom. The van der Waals surface area contributed by atoms with Gasteiger partial charge in [0, 0.05) is 19.4 Å². The molecule has 3 aromatic carbocycles. The highest BCUT2D eigenvalue weighted by molar-refractivity contribution is 6.04. The van der Waals surface area contributed by atoms with E-state index in [1.165, 1.54) is 5.56 Å². The van der Waals surface area contributed by atoms with Gasteiger partial charge >= 0.3 is 0 Å². The summed E-state index contributed by atoms with van der Waals surface area (Å²) in [6, 6.07) is 24.0. The van der Waals surface area contributed by atoms with Gasteiger partial charge in [0.1, 0.15) is 11.5 Å². The molecule has 4 rings (SSSR count). The summed E-state index contributed by atoms with van der Waals surface area (Å²) in [5.74, 6) is 1.51. The van der Waals surface area contributed by atoms with Crippen LogP contribution in [0.3, 0.4) is 0 Å². The van der Waals surface area contributed by atoms with E-state index < -0.39 is 0 Å². The molecule has 0 saturated carbocycles. The van der Waals surface area contributed by atoms with Gasteiger partial charge in [-0.15, -0.1) is 0 Å². The molecule has 30 heavy (non-hydrogen) atoms. The average molecular weight is 402 g/mol. The molecule has 4 heteroatoms. The fraction of sp³-hybridized carbons (Fsp3) is 0.269. The van der Waals surface area contributed by atoms with E-state index in [4.69, 9.17) is 14.2 Å². The molecular weight excluding hydrogens is 376 g/mol. The van der Waals surface area contributed by atoms with Crippen LogP contribution in [0.2, 0.25) is 0 Å². The van der Waals surface area contributed by atoms with Crippen molar-refractivity contribution >= 4 is 5.78 Å². The highest BCUT2D eigenvalue weighted by atomic mass is 16.7. The summed E-state index contributed by atoms with van der Waals surface area (Å²) in [4.78, 5) is 13.2. The lowest BCUT2D eigenvalue weighted by Crippen LogP contribution is -2.14. The molecule has 154 valence electrons. The zero-order chi connectivity index (χ0) is 20.8. The summed E-state index contributed by atoms with van der Waals surface area (Å²) < 4.78 is 16.7. The van der Waals surface area contributed by atoms with E-state index in [2.05, 4.69) is 12.1 Å². The van der Waals surface area contributed by atoms with E-state index in [1.54, 1.807) is 7.11 Å². The lowest BCUT2D eigenvalue weighted by molar-refractivity contribution is 0.0503. The number of benzene rings is 3. The summed E-state index contributed by atoms with van der Waals surface area (Å²) in [6.45, 7) is 0.737. The second-order valence-corrected chi connectivity index (χ2v) is 7.50. The van der Waals surface area contributed by atoms with Crippen LogP contribution in [0.5, 0.6) is 11.5 Å². The summed E-state index contributed by atoms with van der Waals surface area (Å²) in [6.07, 6.45) is 2.17. The number of carbonyl (C=O) groups is 1. The molecule has 0 spiro atoms. The van der Waals surface area contributed by atoms with Gasteiger partial charge in [-0.05, 0) is 41.7 Å². The summed E-state index contributed by atoms with van der Waals surface area (Å²) in [5.41, 5.74) is 4.05. The summed E-state index contributed by atoms with van der Waals surface area (Å²) in [7, 11) is 1.60. The Bertz CT molecular complexity index is 997. The molecule has 1 aliphatic rings. The molecule has 4 nitrogen and oxygen atoms in total. The van der Waals surface area contributed by atoms with Crippen molar-refractivity contribution in [1.82, 2.24) is 0 Å². The minimum absolute atomic E-state index is 0.105. The smallest absolute Gasteiger partial charge is 0.188 e. The molecule has 0 saturated heterocycles. The van der Waals surface area contributed by atoms with Crippen LogP contribution in [0.15, 0.2) is 72.8 Å². The fourth-order valence-corrected chi connectivity index (χ4v) is 4.00. The first-order valence-corrected chi connectivity index (χ1v) is 10.3. The molecule has 0 N–H and O–H groups in total. The number of Topliss-reactive ketones (excluding diaryl/α,β-unsaturated/α-hetero) is 1. The third-order valence-electron chi connectivity index (χ3n) is 5.46. The Morgan fingerprint density at radius 3 is 2.47 bits per heavy atom. The van der Waals surface area contributed by atoms with Crippen molar-refractivity contribution in [2.45, 2.75) is 19.3 Å². The number of hydrogen-bond donors (Lipinski definition) is 0. The van der Waals surface area contributed by atoms with E-state index in [9.17, 15) is 4.79 Å². The summed E-state index contributed by atoms with van der Waals surface area (Å²) >= 11 is 0. The van der Waals surface area contributed by atoms with Crippen molar-refractivity contribution in [2.24, 2.45) is 5.92 Å². The molecular formula is C26H26O4. The van der Waals surface area contributed by atoms with Gasteiger partial charge in [-0.2, -0.15) is 0 Å². The van der Waals surface area contributed by atoms with Crippen LogP contribution >= 0.6 is 0 Å². The number of ketones is 1. The van der Waals surface area contributed by atoms with Crippen LogP contribution < -0.4 is 9.47 Å². The van der Waals surface area contributed by atoms with E-state index in [-0.39, 0.29) is 18.5 Å². The standard InChI is InChI=1S/C26H26O4/c1-28-18-30-23-12-6-5-10-20(23)16-22-17-21-11-7-13-24(25(21)26(22)27)29-15-14-19-8-3-2-4-9-19/h2-13,22H,14-18H2,1H3. The van der Waals surface area contributed by atoms with E-state index >= 15 is 0 Å². The van der Waals surface area contributed by atoms with Crippen molar-refractivity contribution in [3.63, 3.8) is 0 Å². The van der Waals surface area contributed by atoms with Gasteiger partial charge < -0.3 is 14.2 Å². The lowest BCUT2D eigenvalue weighted by atomic mass is 9.95. The van der Waals surface area contributed by atoms with Crippen LogP contribution in [0, 0.1) is 5.92 Å². The molecule has 0 amide bonds. The third-order valence-corrected chi connectivity index (χ3v) is 5.46. The molecule has 0 fully saturated rings. The van der Waals surface area contributed by atoms with Gasteiger partial charge in [-0.3, -0.25) is 4.79 Å². The molecule has 1 atom stereocenters. The molecule has 0 bridgehead atoms. The Kier molecular flexibility index (Phi) is 6.45. The van der Waals surface area contributed by atoms with Crippen molar-refractivity contribution in [3.8, 4) is 11.5 Å². The van der Waals surface area contributed by atoms with Crippen molar-refractivity contribution in [3.05, 3.63) is 95.1 Å². The van der Waals surface area contributed by atoms with Crippen molar-refractivity contribution < 1.29 is 19.0 Å². The first kappa shape index (κ1) is 20.2. The van der Waals surface area contributed by atoms with Gasteiger partial charge in [0.25, 0.3) is 0 Å². The predicted molar refractivity (Wildman–Crippen MR) is 116 cm³/mol. The maximum absolute atomic E-state index is 13.2. The Labute approximate surface area is 177 Å². The van der Waals surface area contributed by atoms with Gasteiger partial charge in [0.2, 0.25) is 0 Å². The van der Waals surface area contributed by atoms with Gasteiger partial charge in [-0.25, -0.2) is 0 Å². The Balaban J connectivity index is 1.45. The van der Waals surface area contributed by atoms with E-state index in [0.29, 0.717) is 18.8 Å². The zero-order valence-corrected chi connectivity index (χ0v) is 17.2. The maximum Gasteiger partial charge on any atom is 0.188 e. The topological polar surface area (TPSA) is 44.8 Å². The van der Waals surface area contributed by atoms with Crippen LogP contribution in [-0.2, 0) is 24.0 Å². The minimum atomic E-state index is -0.105. The molecule has 0 heterocycles. The number of rotatable bonds is 9. The number of para-hydroxylation sites is 1. The fourth-order valence-electron chi connectivity index (χ4n) is 4.00. The maximum atomic E-state index is 13.2. The predicted octanol–water partition coefficient (Wildman–Crippen LogP) is 4.89. The first-order chi connectivity index (χ1) is 14.8. The van der Waals surface area contributed by atoms with Gasteiger partial charge in [0.15, 0.2) is 12.6 Å². The molecule has 3 aromatic rings. The highest BCUT2D eigenvalue weighted by Crippen LogP contribution is 2.36. The Morgan fingerprint density at radius 1 is 0.867 bits per heavy atom. The van der Waals surface area contributed by atoms with Crippen molar-refractivity contribution in [2.75, 3.05) is 20.5 Å². The first-order valence-electron chi connectivity index (χ1n) is 10.3. The molecule has 1 aliphatic carbocycles.